The second kappa shape index (κ2) is 4.03. The standard InChI is InChI=1S/C12H18N2O/c1-8-5-4-6-9(7-8)12(2,3)10(13)11(14)15/h4-7,10H,13H2,1-3H3,(H2,14,15). The number of amides is 1. The third kappa shape index (κ3) is 2.36. The molecule has 0 heterocycles. The van der Waals surface area contributed by atoms with Gasteiger partial charge in [0.2, 0.25) is 5.91 Å². The van der Waals surface area contributed by atoms with Crippen LogP contribution in [-0.4, -0.2) is 11.9 Å². The molecule has 0 fully saturated rings. The predicted molar refractivity (Wildman–Crippen MR) is 61.4 cm³/mol. The molecule has 0 aromatic heterocycles. The largest absolute Gasteiger partial charge is 0.368 e. The van der Waals surface area contributed by atoms with E-state index in [0.717, 1.165) is 11.1 Å². The van der Waals surface area contributed by atoms with Gasteiger partial charge < -0.3 is 11.5 Å². The summed E-state index contributed by atoms with van der Waals surface area (Å²) in [5.41, 5.74) is 12.8. The Morgan fingerprint density at radius 1 is 1.40 bits per heavy atom. The molecule has 15 heavy (non-hydrogen) atoms. The number of hydrogen-bond donors (Lipinski definition) is 2. The molecule has 0 saturated heterocycles. The Balaban J connectivity index is 3.10. The Kier molecular flexibility index (Phi) is 3.15. The van der Waals surface area contributed by atoms with Gasteiger partial charge in [-0.2, -0.15) is 0 Å². The molecule has 0 saturated carbocycles. The van der Waals surface area contributed by atoms with Crippen LogP contribution in [0, 0.1) is 6.92 Å². The summed E-state index contributed by atoms with van der Waals surface area (Å²) in [4.78, 5) is 11.1. The van der Waals surface area contributed by atoms with Gasteiger partial charge in [-0.3, -0.25) is 4.79 Å². The van der Waals surface area contributed by atoms with E-state index in [-0.39, 0.29) is 0 Å². The van der Waals surface area contributed by atoms with Crippen LogP contribution in [0.5, 0.6) is 0 Å². The van der Waals surface area contributed by atoms with Gasteiger partial charge in [0.15, 0.2) is 0 Å². The minimum atomic E-state index is -0.667. The number of primary amides is 1. The molecule has 0 radical (unpaired) electrons. The molecule has 4 N–H and O–H groups in total. The first kappa shape index (κ1) is 11.7. The van der Waals surface area contributed by atoms with Crippen LogP contribution in [0.1, 0.15) is 25.0 Å². The van der Waals surface area contributed by atoms with Crippen LogP contribution in [-0.2, 0) is 10.2 Å². The fourth-order valence-corrected chi connectivity index (χ4v) is 1.58. The smallest absolute Gasteiger partial charge is 0.235 e. The minimum absolute atomic E-state index is 0.433. The molecule has 1 atom stereocenters. The number of carbonyl (C=O) groups excluding carboxylic acids is 1. The van der Waals surface area contributed by atoms with Gasteiger partial charge in [-0.05, 0) is 12.5 Å². The first-order valence-electron chi connectivity index (χ1n) is 4.97. The first-order valence-corrected chi connectivity index (χ1v) is 4.97. The minimum Gasteiger partial charge on any atom is -0.368 e. The number of nitrogens with two attached hydrogens (primary N) is 2. The van der Waals surface area contributed by atoms with E-state index in [2.05, 4.69) is 0 Å². The van der Waals surface area contributed by atoms with E-state index < -0.39 is 17.4 Å². The quantitative estimate of drug-likeness (QED) is 0.777. The normalized spacial score (nSPS) is 13.6. The van der Waals surface area contributed by atoms with Crippen LogP contribution < -0.4 is 11.5 Å². The molecule has 82 valence electrons. The molecule has 0 spiro atoms. The number of rotatable bonds is 3. The Hall–Kier alpha value is -1.35. The number of benzene rings is 1. The van der Waals surface area contributed by atoms with Crippen LogP contribution >= 0.6 is 0 Å². The van der Waals surface area contributed by atoms with Crippen LogP contribution in [0.15, 0.2) is 24.3 Å². The maximum Gasteiger partial charge on any atom is 0.235 e. The average Bonchev–Trinajstić information content (AvgIpc) is 2.16. The van der Waals surface area contributed by atoms with Crippen molar-refractivity contribution < 1.29 is 4.79 Å². The molecule has 0 aliphatic heterocycles. The molecule has 1 aromatic rings. The maximum absolute atomic E-state index is 11.1. The highest BCUT2D eigenvalue weighted by Gasteiger charge is 2.32. The molecule has 3 heteroatoms. The Labute approximate surface area is 90.5 Å². The summed E-state index contributed by atoms with van der Waals surface area (Å²) in [6.45, 7) is 5.86. The van der Waals surface area contributed by atoms with Crippen molar-refractivity contribution in [2.75, 3.05) is 0 Å². The van der Waals surface area contributed by atoms with Crippen molar-refractivity contribution in [2.24, 2.45) is 11.5 Å². The van der Waals surface area contributed by atoms with Crippen LogP contribution in [0.25, 0.3) is 0 Å². The average molecular weight is 206 g/mol. The Bertz CT molecular complexity index is 372. The summed E-state index contributed by atoms with van der Waals surface area (Å²) in [6.07, 6.45) is 0. The van der Waals surface area contributed by atoms with Crippen molar-refractivity contribution in [3.8, 4) is 0 Å². The van der Waals surface area contributed by atoms with Crippen molar-refractivity contribution >= 4 is 5.91 Å². The van der Waals surface area contributed by atoms with E-state index in [1.165, 1.54) is 0 Å². The molecule has 1 unspecified atom stereocenters. The van der Waals surface area contributed by atoms with Gasteiger partial charge in [0.1, 0.15) is 0 Å². The van der Waals surface area contributed by atoms with Crippen LogP contribution in [0.3, 0.4) is 0 Å². The number of carbonyl (C=O) groups is 1. The van der Waals surface area contributed by atoms with Crippen molar-refractivity contribution in [3.63, 3.8) is 0 Å². The summed E-state index contributed by atoms with van der Waals surface area (Å²) >= 11 is 0. The van der Waals surface area contributed by atoms with E-state index in [1.54, 1.807) is 0 Å². The van der Waals surface area contributed by atoms with E-state index in [4.69, 9.17) is 11.5 Å². The number of aryl methyl sites for hydroxylation is 1. The van der Waals surface area contributed by atoms with Gasteiger partial charge in [-0.15, -0.1) is 0 Å². The van der Waals surface area contributed by atoms with Gasteiger partial charge in [0, 0.05) is 5.41 Å². The van der Waals surface area contributed by atoms with Crippen molar-refractivity contribution in [1.29, 1.82) is 0 Å². The van der Waals surface area contributed by atoms with Crippen molar-refractivity contribution in [3.05, 3.63) is 35.4 Å². The Morgan fingerprint density at radius 3 is 2.47 bits per heavy atom. The maximum atomic E-state index is 11.1. The zero-order valence-corrected chi connectivity index (χ0v) is 9.45. The highest BCUT2D eigenvalue weighted by molar-refractivity contribution is 5.81. The highest BCUT2D eigenvalue weighted by Crippen LogP contribution is 2.26. The van der Waals surface area contributed by atoms with Gasteiger partial charge in [0.05, 0.1) is 6.04 Å². The molecular weight excluding hydrogens is 188 g/mol. The molecule has 0 aliphatic rings. The summed E-state index contributed by atoms with van der Waals surface area (Å²) in [5, 5.41) is 0. The lowest BCUT2D eigenvalue weighted by Gasteiger charge is -2.30. The van der Waals surface area contributed by atoms with Gasteiger partial charge >= 0.3 is 0 Å². The van der Waals surface area contributed by atoms with Crippen molar-refractivity contribution in [2.45, 2.75) is 32.2 Å². The summed E-state index contributed by atoms with van der Waals surface area (Å²) in [5.74, 6) is -0.471. The summed E-state index contributed by atoms with van der Waals surface area (Å²) < 4.78 is 0. The lowest BCUT2D eigenvalue weighted by Crippen LogP contribution is -2.50. The Morgan fingerprint density at radius 2 is 2.00 bits per heavy atom. The second-order valence-electron chi connectivity index (χ2n) is 4.47. The molecule has 1 amide bonds. The fraction of sp³-hybridized carbons (Fsp3) is 0.417. The molecule has 1 rings (SSSR count). The van der Waals surface area contributed by atoms with Gasteiger partial charge in [0.25, 0.3) is 0 Å². The number of hydrogen-bond acceptors (Lipinski definition) is 2. The zero-order chi connectivity index (χ0) is 11.6. The lowest BCUT2D eigenvalue weighted by molar-refractivity contribution is -0.120. The zero-order valence-electron chi connectivity index (χ0n) is 9.45. The molecular formula is C12H18N2O. The SMILES string of the molecule is Cc1cccc(C(C)(C)C(N)C(N)=O)c1. The molecule has 1 aromatic carbocycles. The van der Waals surface area contributed by atoms with Gasteiger partial charge in [-0.25, -0.2) is 0 Å². The van der Waals surface area contributed by atoms with Crippen LogP contribution in [0.2, 0.25) is 0 Å². The van der Waals surface area contributed by atoms with E-state index >= 15 is 0 Å². The molecule has 0 aliphatic carbocycles. The third-order valence-electron chi connectivity index (χ3n) is 2.85. The summed E-state index contributed by atoms with van der Waals surface area (Å²) in [6, 6.07) is 7.30. The third-order valence-corrected chi connectivity index (χ3v) is 2.85. The monoisotopic (exact) mass is 206 g/mol. The highest BCUT2D eigenvalue weighted by atomic mass is 16.1. The van der Waals surface area contributed by atoms with Gasteiger partial charge in [-0.1, -0.05) is 43.7 Å². The molecule has 3 nitrogen and oxygen atoms in total. The van der Waals surface area contributed by atoms with E-state index in [0.29, 0.717) is 0 Å². The lowest BCUT2D eigenvalue weighted by atomic mass is 9.77. The second-order valence-corrected chi connectivity index (χ2v) is 4.47. The molecule has 0 bridgehead atoms. The van der Waals surface area contributed by atoms with Crippen LogP contribution in [0.4, 0.5) is 0 Å². The predicted octanol–water partition coefficient (Wildman–Crippen LogP) is 1.09. The van der Waals surface area contributed by atoms with Crippen molar-refractivity contribution in [1.82, 2.24) is 0 Å². The van der Waals surface area contributed by atoms with E-state index in [9.17, 15) is 4.79 Å². The van der Waals surface area contributed by atoms with E-state index in [1.807, 2.05) is 45.0 Å². The topological polar surface area (TPSA) is 69.1 Å². The first-order chi connectivity index (χ1) is 6.85. The fourth-order valence-electron chi connectivity index (χ4n) is 1.58. The summed E-state index contributed by atoms with van der Waals surface area (Å²) in [7, 11) is 0.